The summed E-state index contributed by atoms with van der Waals surface area (Å²) in [5.41, 5.74) is -0.0835. The molecule has 3 fully saturated rings. The monoisotopic (exact) mass is 641 g/mol. The Balaban J connectivity index is 1.55. The van der Waals surface area contributed by atoms with E-state index in [-0.39, 0.29) is 28.3 Å². The topological polar surface area (TPSA) is 61.4 Å². The third-order valence-electron chi connectivity index (χ3n) is 11.8. The van der Waals surface area contributed by atoms with E-state index in [2.05, 4.69) is 50.2 Å². The first-order valence-corrected chi connectivity index (χ1v) is 17.2. The number of fused-ring (bicyclic) bond motifs is 3. The van der Waals surface area contributed by atoms with E-state index in [0.717, 1.165) is 44.1 Å². The summed E-state index contributed by atoms with van der Waals surface area (Å²) in [5.74, 6) is -0.384. The molecular formula is C36H46Cl2FN3O2. The fourth-order valence-electron chi connectivity index (χ4n) is 9.47. The maximum Gasteiger partial charge on any atom is 0.238 e. The molecule has 6 rings (SSSR count). The van der Waals surface area contributed by atoms with Gasteiger partial charge in [0.25, 0.3) is 0 Å². The van der Waals surface area contributed by atoms with Crippen LogP contribution in [0.15, 0.2) is 36.4 Å². The molecular weight excluding hydrogens is 596 g/mol. The third kappa shape index (κ3) is 4.81. The highest BCUT2D eigenvalue weighted by Gasteiger charge is 2.75. The number of hydrogen-bond acceptors (Lipinski definition) is 3. The van der Waals surface area contributed by atoms with E-state index in [1.807, 2.05) is 12.1 Å². The normalized spacial score (nSPS) is 31.0. The van der Waals surface area contributed by atoms with Gasteiger partial charge in [0.2, 0.25) is 11.8 Å². The Bertz CT molecular complexity index is 1440. The largest absolute Gasteiger partial charge is 0.352 e. The van der Waals surface area contributed by atoms with Gasteiger partial charge in [0.15, 0.2) is 0 Å². The second kappa shape index (κ2) is 11.6. The molecule has 238 valence electrons. The summed E-state index contributed by atoms with van der Waals surface area (Å²) in [4.78, 5) is 31.9. The van der Waals surface area contributed by atoms with Crippen molar-refractivity contribution in [3.8, 4) is 0 Å². The van der Waals surface area contributed by atoms with Gasteiger partial charge in [-0.25, -0.2) is 4.39 Å². The van der Waals surface area contributed by atoms with Crippen molar-refractivity contribution in [2.45, 2.75) is 115 Å². The molecule has 0 radical (unpaired) electrons. The quantitative estimate of drug-likeness (QED) is 0.344. The molecule has 2 saturated carbocycles. The highest BCUT2D eigenvalue weighted by atomic mass is 35.5. The van der Waals surface area contributed by atoms with Crippen LogP contribution in [0.1, 0.15) is 103 Å². The van der Waals surface area contributed by atoms with Gasteiger partial charge in [-0.3, -0.25) is 14.5 Å². The van der Waals surface area contributed by atoms with E-state index in [1.165, 1.54) is 6.07 Å². The van der Waals surface area contributed by atoms with Crippen LogP contribution in [0.3, 0.4) is 0 Å². The van der Waals surface area contributed by atoms with Crippen molar-refractivity contribution in [2.75, 3.05) is 11.9 Å². The molecule has 2 aliphatic carbocycles. The number of benzene rings is 2. The first kappa shape index (κ1) is 31.8. The highest BCUT2D eigenvalue weighted by molar-refractivity contribution is 6.31. The van der Waals surface area contributed by atoms with Crippen molar-refractivity contribution in [3.05, 3.63) is 63.4 Å². The Morgan fingerprint density at radius 2 is 1.75 bits per heavy atom. The van der Waals surface area contributed by atoms with Gasteiger partial charge >= 0.3 is 0 Å². The molecule has 0 bridgehead atoms. The molecule has 5 nitrogen and oxygen atoms in total. The van der Waals surface area contributed by atoms with E-state index in [4.69, 9.17) is 23.2 Å². The van der Waals surface area contributed by atoms with Gasteiger partial charge in [0.05, 0.1) is 11.1 Å². The van der Waals surface area contributed by atoms with E-state index in [0.29, 0.717) is 47.5 Å². The summed E-state index contributed by atoms with van der Waals surface area (Å²) in [6.45, 7) is 11.7. The number of anilines is 1. The van der Waals surface area contributed by atoms with Crippen molar-refractivity contribution in [3.63, 3.8) is 0 Å². The van der Waals surface area contributed by atoms with Gasteiger partial charge in [-0.1, -0.05) is 76.0 Å². The maximum atomic E-state index is 16.3. The van der Waals surface area contributed by atoms with Crippen molar-refractivity contribution in [1.29, 1.82) is 0 Å². The lowest BCUT2D eigenvalue weighted by molar-refractivity contribution is -0.130. The number of likely N-dealkylation sites (N-methyl/N-ethyl adjacent to an activating group) is 1. The minimum Gasteiger partial charge on any atom is -0.352 e. The lowest BCUT2D eigenvalue weighted by Gasteiger charge is -2.53. The Kier molecular flexibility index (Phi) is 8.37. The van der Waals surface area contributed by atoms with Gasteiger partial charge in [-0.2, -0.15) is 0 Å². The highest BCUT2D eigenvalue weighted by Crippen LogP contribution is 2.67. The minimum absolute atomic E-state index is 0.00711. The van der Waals surface area contributed by atoms with Crippen molar-refractivity contribution < 1.29 is 14.0 Å². The number of carbonyl (C=O) groups excluding carboxylic acids is 2. The number of nitrogens with one attached hydrogen (secondary N) is 2. The number of rotatable bonds is 5. The molecule has 2 N–H and O–H groups in total. The molecule has 0 aromatic heterocycles. The van der Waals surface area contributed by atoms with Crippen LogP contribution < -0.4 is 10.6 Å². The van der Waals surface area contributed by atoms with Crippen LogP contribution in [0.4, 0.5) is 10.1 Å². The molecule has 2 heterocycles. The van der Waals surface area contributed by atoms with Gasteiger partial charge in [-0.15, -0.1) is 0 Å². The number of likely N-dealkylation sites (tertiary alicyclic amines) is 1. The van der Waals surface area contributed by atoms with Gasteiger partial charge in [-0.05, 0) is 104 Å². The van der Waals surface area contributed by atoms with Gasteiger partial charge in [0.1, 0.15) is 11.2 Å². The first-order valence-electron chi connectivity index (χ1n) is 16.5. The van der Waals surface area contributed by atoms with Crippen LogP contribution in [0.25, 0.3) is 0 Å². The molecule has 4 aliphatic rings. The fraction of sp³-hybridized carbons (Fsp3) is 0.611. The Hall–Kier alpha value is -2.15. The summed E-state index contributed by atoms with van der Waals surface area (Å²) in [6.07, 6.45) is 7.22. The van der Waals surface area contributed by atoms with Crippen LogP contribution in [-0.4, -0.2) is 40.9 Å². The van der Waals surface area contributed by atoms with Crippen molar-refractivity contribution in [2.24, 2.45) is 17.3 Å². The number of carbonyl (C=O) groups is 2. The number of halogens is 3. The zero-order valence-corrected chi connectivity index (χ0v) is 28.1. The van der Waals surface area contributed by atoms with Gasteiger partial charge < -0.3 is 10.6 Å². The van der Waals surface area contributed by atoms with Crippen LogP contribution in [0.2, 0.25) is 10.0 Å². The lowest BCUT2D eigenvalue weighted by atomic mass is 9.53. The molecule has 8 heteroatoms. The molecule has 3 atom stereocenters. The Morgan fingerprint density at radius 1 is 1.07 bits per heavy atom. The van der Waals surface area contributed by atoms with E-state index < -0.39 is 28.7 Å². The smallest absolute Gasteiger partial charge is 0.238 e. The second-order valence-electron chi connectivity index (χ2n) is 14.9. The molecule has 2 amide bonds. The summed E-state index contributed by atoms with van der Waals surface area (Å²) in [7, 11) is 0. The molecule has 1 saturated heterocycles. The third-order valence-corrected chi connectivity index (χ3v) is 12.4. The minimum atomic E-state index is -1.22. The molecule has 0 unspecified atom stereocenters. The molecule has 2 aromatic carbocycles. The van der Waals surface area contributed by atoms with E-state index in [9.17, 15) is 9.59 Å². The SMILES string of the molecule is CCN1[C@@H](C(=O)NC2CCC(C(C)C)CC2)[C@H](c2cccc(Cl)c2F)[C@]2(C(=O)Nc3cc(Cl)ccc32)C12CCC(C)(C)CC2. The van der Waals surface area contributed by atoms with E-state index in [1.54, 1.807) is 18.2 Å². The summed E-state index contributed by atoms with van der Waals surface area (Å²) in [5, 5.41) is 7.09. The summed E-state index contributed by atoms with van der Waals surface area (Å²) < 4.78 is 16.3. The maximum absolute atomic E-state index is 16.3. The zero-order valence-electron chi connectivity index (χ0n) is 26.6. The number of amides is 2. The number of nitrogens with zero attached hydrogens (tertiary/aromatic N) is 1. The predicted octanol–water partition coefficient (Wildman–Crippen LogP) is 8.48. The van der Waals surface area contributed by atoms with E-state index >= 15 is 4.39 Å². The lowest BCUT2D eigenvalue weighted by Crippen LogP contribution is -2.62. The number of hydrogen-bond donors (Lipinski definition) is 2. The van der Waals surface area contributed by atoms with Crippen molar-refractivity contribution in [1.82, 2.24) is 10.2 Å². The summed E-state index contributed by atoms with van der Waals surface area (Å²) >= 11 is 12.9. The Morgan fingerprint density at radius 3 is 2.39 bits per heavy atom. The van der Waals surface area contributed by atoms with Crippen molar-refractivity contribution >= 4 is 40.7 Å². The average Bonchev–Trinajstić information content (AvgIpc) is 3.41. The Labute approximate surface area is 271 Å². The standard InChI is InChI=1S/C36H46Cl2FN3O2/c1-6-42-31(32(43)40-24-13-10-22(11-14-24)21(2)3)29(25-8-7-9-27(38)30(25)39)36(35(42)18-16-34(4,5)17-19-35)26-15-12-23(37)20-28(26)41-33(36)44/h7-9,12,15,20-22,24,29,31H,6,10-11,13-14,16-19H2,1-5H3,(H,40,43)(H,41,44)/t22?,24?,29-,31+,36+/m0/s1. The van der Waals surface area contributed by atoms with Gasteiger partial charge in [0, 0.05) is 28.2 Å². The molecule has 2 aliphatic heterocycles. The van der Waals surface area contributed by atoms with Crippen LogP contribution in [0, 0.1) is 23.1 Å². The van der Waals surface area contributed by atoms with Crippen LogP contribution >= 0.6 is 23.2 Å². The van der Waals surface area contributed by atoms with Crippen LogP contribution in [-0.2, 0) is 15.0 Å². The summed E-state index contributed by atoms with van der Waals surface area (Å²) in [6, 6.07) is 9.81. The molecule has 2 aromatic rings. The second-order valence-corrected chi connectivity index (χ2v) is 15.7. The molecule has 44 heavy (non-hydrogen) atoms. The fourth-order valence-corrected chi connectivity index (χ4v) is 9.83. The average molecular weight is 643 g/mol. The zero-order chi connectivity index (χ0) is 31.6. The predicted molar refractivity (Wildman–Crippen MR) is 176 cm³/mol. The molecule has 2 spiro atoms. The first-order chi connectivity index (χ1) is 20.9. The van der Waals surface area contributed by atoms with Crippen LogP contribution in [0.5, 0.6) is 0 Å².